The minimum absolute atomic E-state index is 0.134. The van der Waals surface area contributed by atoms with E-state index in [1.807, 2.05) is 18.2 Å². The lowest BCUT2D eigenvalue weighted by Crippen LogP contribution is -2.21. The number of hydrogen-bond donors (Lipinski definition) is 0. The second kappa shape index (κ2) is 9.61. The van der Waals surface area contributed by atoms with Gasteiger partial charge in [-0.3, -0.25) is 0 Å². The van der Waals surface area contributed by atoms with E-state index < -0.39 is 0 Å². The predicted octanol–water partition coefficient (Wildman–Crippen LogP) is 11.4. The molecule has 0 atom stereocenters. The fourth-order valence-electron chi connectivity index (χ4n) is 7.34. The second-order valence-corrected chi connectivity index (χ2v) is 12.6. The molecular formula is C41H34O2. The van der Waals surface area contributed by atoms with Crippen molar-refractivity contribution in [1.29, 1.82) is 0 Å². The van der Waals surface area contributed by atoms with Crippen molar-refractivity contribution in [1.82, 2.24) is 0 Å². The molecule has 0 amide bonds. The van der Waals surface area contributed by atoms with Crippen molar-refractivity contribution in [3.63, 3.8) is 0 Å². The lowest BCUT2D eigenvalue weighted by Gasteiger charge is -2.30. The Labute approximate surface area is 252 Å². The van der Waals surface area contributed by atoms with Gasteiger partial charge in [-0.05, 0) is 95.1 Å². The van der Waals surface area contributed by atoms with E-state index >= 15 is 0 Å². The number of allylic oxidation sites excluding steroid dienone is 1. The molecule has 7 aromatic rings. The van der Waals surface area contributed by atoms with Gasteiger partial charge in [-0.2, -0.15) is 0 Å². The molecule has 0 bridgehead atoms. The first kappa shape index (κ1) is 25.9. The van der Waals surface area contributed by atoms with Crippen LogP contribution in [-0.2, 0) is 11.8 Å². The van der Waals surface area contributed by atoms with Crippen LogP contribution in [0.5, 0.6) is 0 Å². The number of benzene rings is 5. The van der Waals surface area contributed by atoms with Gasteiger partial charge in [-0.25, -0.2) is 0 Å². The summed E-state index contributed by atoms with van der Waals surface area (Å²) in [5, 5.41) is 3.53. The average Bonchev–Trinajstić information content (AvgIpc) is 3.58. The van der Waals surface area contributed by atoms with Gasteiger partial charge < -0.3 is 8.83 Å². The summed E-state index contributed by atoms with van der Waals surface area (Å²) in [5.41, 5.74) is 14.4. The van der Waals surface area contributed by atoms with Gasteiger partial charge in [0.2, 0.25) is 0 Å². The summed E-state index contributed by atoms with van der Waals surface area (Å²) in [7, 11) is 0. The van der Waals surface area contributed by atoms with Crippen LogP contribution < -0.4 is 0 Å². The molecule has 2 heteroatoms. The van der Waals surface area contributed by atoms with E-state index in [9.17, 15) is 0 Å². The minimum atomic E-state index is -0.134. The molecule has 0 radical (unpaired) electrons. The molecule has 2 heterocycles. The van der Waals surface area contributed by atoms with E-state index in [0.29, 0.717) is 0 Å². The van der Waals surface area contributed by atoms with Gasteiger partial charge in [0.1, 0.15) is 22.5 Å². The Morgan fingerprint density at radius 3 is 1.86 bits per heavy atom. The number of hydrogen-bond acceptors (Lipinski definition) is 2. The number of furan rings is 2. The fourth-order valence-corrected chi connectivity index (χ4v) is 7.34. The van der Waals surface area contributed by atoms with Crippen LogP contribution in [0.25, 0.3) is 55.7 Å². The molecule has 0 fully saturated rings. The zero-order valence-corrected chi connectivity index (χ0v) is 25.1. The van der Waals surface area contributed by atoms with Crippen molar-refractivity contribution < 1.29 is 8.83 Å². The Morgan fingerprint density at radius 1 is 0.535 bits per heavy atom. The van der Waals surface area contributed by atoms with Crippen molar-refractivity contribution in [2.45, 2.75) is 46.0 Å². The Hall–Kier alpha value is -4.82. The van der Waals surface area contributed by atoms with Gasteiger partial charge in [0.15, 0.2) is 0 Å². The van der Waals surface area contributed by atoms with Crippen LogP contribution in [-0.4, -0.2) is 0 Å². The van der Waals surface area contributed by atoms with Crippen LogP contribution in [0.2, 0.25) is 0 Å². The molecule has 8 rings (SSSR count). The number of fused-ring (bicyclic) bond motifs is 6. The average molecular weight is 559 g/mol. The van der Waals surface area contributed by atoms with E-state index in [-0.39, 0.29) is 5.41 Å². The number of aryl methyl sites for hydroxylation is 3. The molecule has 43 heavy (non-hydrogen) atoms. The molecule has 2 nitrogen and oxygen atoms in total. The smallest absolute Gasteiger partial charge is 0.135 e. The van der Waals surface area contributed by atoms with Crippen LogP contribution in [0.15, 0.2) is 112 Å². The monoisotopic (exact) mass is 558 g/mol. The van der Waals surface area contributed by atoms with Crippen LogP contribution >= 0.6 is 0 Å². The lowest BCUT2D eigenvalue weighted by atomic mass is 9.73. The maximum atomic E-state index is 6.14. The molecule has 1 aliphatic carbocycles. The normalized spacial score (nSPS) is 13.5. The predicted molar refractivity (Wildman–Crippen MR) is 180 cm³/mol. The first-order valence-electron chi connectivity index (χ1n) is 15.2. The van der Waals surface area contributed by atoms with Gasteiger partial charge in [0.25, 0.3) is 0 Å². The first-order valence-corrected chi connectivity index (χ1v) is 15.2. The van der Waals surface area contributed by atoms with Crippen molar-refractivity contribution in [2.24, 2.45) is 0 Å². The van der Waals surface area contributed by atoms with Gasteiger partial charge in [-0.1, -0.05) is 92.7 Å². The Bertz CT molecular complexity index is 2230. The molecular weight excluding hydrogens is 524 g/mol. The Balaban J connectivity index is 1.12. The zero-order chi connectivity index (χ0) is 29.3. The summed E-state index contributed by atoms with van der Waals surface area (Å²) < 4.78 is 12.2. The minimum Gasteiger partial charge on any atom is -0.460 e. The summed E-state index contributed by atoms with van der Waals surface area (Å²) in [6, 6.07) is 37.1. The summed E-state index contributed by atoms with van der Waals surface area (Å²) in [5.74, 6) is 1.11. The first-order chi connectivity index (χ1) is 20.9. The van der Waals surface area contributed by atoms with Crippen LogP contribution in [0, 0.1) is 13.8 Å². The van der Waals surface area contributed by atoms with E-state index in [0.717, 1.165) is 46.1 Å². The molecule has 1 aliphatic rings. The SMILES string of the molecule is Cc1cc(C2=Cc3c(oc4ccccc34)CC2)ccc1C(C)(C)c1ccc(-c2ccc3oc4ccccc4c3c2)cc1C. The molecule has 0 aliphatic heterocycles. The molecule has 0 saturated carbocycles. The topological polar surface area (TPSA) is 26.3 Å². The van der Waals surface area contributed by atoms with E-state index in [1.54, 1.807) is 0 Å². The quantitative estimate of drug-likeness (QED) is 0.215. The molecule has 0 N–H and O–H groups in total. The molecule has 0 saturated heterocycles. The second-order valence-electron chi connectivity index (χ2n) is 12.6. The third kappa shape index (κ3) is 4.16. The molecule has 0 spiro atoms. The molecule has 5 aromatic carbocycles. The largest absolute Gasteiger partial charge is 0.460 e. The highest BCUT2D eigenvalue weighted by molar-refractivity contribution is 6.06. The summed E-state index contributed by atoms with van der Waals surface area (Å²) in [6.45, 7) is 9.21. The Morgan fingerprint density at radius 2 is 1.12 bits per heavy atom. The van der Waals surface area contributed by atoms with Crippen molar-refractivity contribution in [2.75, 3.05) is 0 Å². The van der Waals surface area contributed by atoms with Gasteiger partial charge in [0.05, 0.1) is 0 Å². The third-order valence-corrected chi connectivity index (χ3v) is 9.53. The van der Waals surface area contributed by atoms with Crippen LogP contribution in [0.1, 0.15) is 59.4 Å². The lowest BCUT2D eigenvalue weighted by molar-refractivity contribution is 0.548. The van der Waals surface area contributed by atoms with Crippen molar-refractivity contribution >= 4 is 44.6 Å². The fraction of sp³-hybridized carbons (Fsp3) is 0.171. The molecule has 0 unspecified atom stereocenters. The summed E-state index contributed by atoms with van der Waals surface area (Å²) in [4.78, 5) is 0. The third-order valence-electron chi connectivity index (χ3n) is 9.53. The van der Waals surface area contributed by atoms with Gasteiger partial charge >= 0.3 is 0 Å². The number of para-hydroxylation sites is 2. The Kier molecular flexibility index (Phi) is 5.78. The maximum Gasteiger partial charge on any atom is 0.135 e. The van der Waals surface area contributed by atoms with Crippen LogP contribution in [0.4, 0.5) is 0 Å². The van der Waals surface area contributed by atoms with E-state index in [2.05, 4.69) is 119 Å². The highest BCUT2D eigenvalue weighted by atomic mass is 16.3. The highest BCUT2D eigenvalue weighted by Gasteiger charge is 2.27. The highest BCUT2D eigenvalue weighted by Crippen LogP contribution is 2.41. The molecule has 2 aromatic heterocycles. The van der Waals surface area contributed by atoms with Gasteiger partial charge in [0, 0.05) is 33.6 Å². The van der Waals surface area contributed by atoms with Crippen LogP contribution in [0.3, 0.4) is 0 Å². The van der Waals surface area contributed by atoms with E-state index in [4.69, 9.17) is 8.83 Å². The van der Waals surface area contributed by atoms with E-state index in [1.165, 1.54) is 55.5 Å². The van der Waals surface area contributed by atoms with Gasteiger partial charge in [-0.15, -0.1) is 0 Å². The summed E-state index contributed by atoms with van der Waals surface area (Å²) in [6.07, 6.45) is 4.28. The zero-order valence-electron chi connectivity index (χ0n) is 25.1. The summed E-state index contributed by atoms with van der Waals surface area (Å²) >= 11 is 0. The van der Waals surface area contributed by atoms with Crippen molar-refractivity contribution in [3.8, 4) is 11.1 Å². The number of rotatable bonds is 4. The standard InChI is InChI=1S/C41H34O2/c1-25-21-27(29-15-19-39-33(23-29)31-9-5-7-11-37(31)42-39)13-17-35(25)41(3,4)36-18-14-28(22-26(36)2)30-16-20-40-34(24-30)32-10-6-8-12-38(32)43-40/h5-15,17-19,21-24H,16,20H2,1-4H3. The maximum absolute atomic E-state index is 6.14. The molecule has 210 valence electrons. The van der Waals surface area contributed by atoms with Crippen molar-refractivity contribution in [3.05, 3.63) is 142 Å².